The summed E-state index contributed by atoms with van der Waals surface area (Å²) >= 11 is 1.52. The number of rotatable bonds is 5. The Hall–Kier alpha value is -2.12. The van der Waals surface area contributed by atoms with E-state index in [1.807, 2.05) is 6.07 Å². The van der Waals surface area contributed by atoms with Gasteiger partial charge in [0.2, 0.25) is 0 Å². The van der Waals surface area contributed by atoms with Crippen LogP contribution in [0, 0.1) is 5.92 Å². The van der Waals surface area contributed by atoms with Crippen molar-refractivity contribution in [1.29, 1.82) is 0 Å². The van der Waals surface area contributed by atoms with Crippen molar-refractivity contribution >= 4 is 23.1 Å². The number of fused-ring (bicyclic) bond motifs is 1. The zero-order valence-electron chi connectivity index (χ0n) is 14.0. The Morgan fingerprint density at radius 2 is 2.20 bits per heavy atom. The smallest absolute Gasteiger partial charge is 0.308 e. The zero-order valence-corrected chi connectivity index (χ0v) is 14.8. The summed E-state index contributed by atoms with van der Waals surface area (Å²) in [6.45, 7) is 2.85. The quantitative estimate of drug-likeness (QED) is 0.766. The van der Waals surface area contributed by atoms with Gasteiger partial charge in [0, 0.05) is 43.2 Å². The lowest BCUT2D eigenvalue weighted by Gasteiger charge is -2.33. The second kappa shape index (κ2) is 6.65. The number of Topliss-reactive ketones (excluding diaryl/α,β-unsaturated/α-hetero) is 1. The summed E-state index contributed by atoms with van der Waals surface area (Å²) in [5.74, 6) is 0.101. The SMILES string of the molecule is CC(=O)Oc1cc2c(s1)CCN(C(C(=O)C1CC1)c1cnccn1)C2. The van der Waals surface area contributed by atoms with Gasteiger partial charge in [0.05, 0.1) is 11.9 Å². The number of carbonyl (C=O) groups excluding carboxylic acids is 2. The fourth-order valence-corrected chi connectivity index (χ4v) is 4.35. The molecule has 0 saturated heterocycles. The van der Waals surface area contributed by atoms with Gasteiger partial charge in [-0.2, -0.15) is 0 Å². The van der Waals surface area contributed by atoms with Gasteiger partial charge in [0.25, 0.3) is 0 Å². The molecule has 2 aromatic heterocycles. The van der Waals surface area contributed by atoms with Crippen LogP contribution in [0.3, 0.4) is 0 Å². The van der Waals surface area contributed by atoms with E-state index in [2.05, 4.69) is 14.9 Å². The van der Waals surface area contributed by atoms with Gasteiger partial charge in [-0.1, -0.05) is 0 Å². The molecule has 1 aliphatic carbocycles. The van der Waals surface area contributed by atoms with Crippen LogP contribution < -0.4 is 4.74 Å². The van der Waals surface area contributed by atoms with Gasteiger partial charge in [-0.25, -0.2) is 0 Å². The first-order chi connectivity index (χ1) is 12.1. The van der Waals surface area contributed by atoms with Gasteiger partial charge in [0.15, 0.2) is 10.8 Å². The molecule has 2 aromatic rings. The number of carbonyl (C=O) groups is 2. The van der Waals surface area contributed by atoms with Crippen molar-refractivity contribution < 1.29 is 14.3 Å². The summed E-state index contributed by atoms with van der Waals surface area (Å²) in [5, 5.41) is 0.629. The highest BCUT2D eigenvalue weighted by atomic mass is 32.1. The lowest BCUT2D eigenvalue weighted by Crippen LogP contribution is -2.38. The van der Waals surface area contributed by atoms with Crippen LogP contribution in [-0.2, 0) is 22.6 Å². The van der Waals surface area contributed by atoms with Gasteiger partial charge in [-0.05, 0) is 30.9 Å². The van der Waals surface area contributed by atoms with Crippen LogP contribution >= 0.6 is 11.3 Å². The molecule has 0 aromatic carbocycles. The van der Waals surface area contributed by atoms with E-state index in [1.54, 1.807) is 18.6 Å². The number of nitrogens with zero attached hydrogens (tertiary/aromatic N) is 3. The van der Waals surface area contributed by atoms with Crippen molar-refractivity contribution in [2.45, 2.75) is 38.8 Å². The van der Waals surface area contributed by atoms with E-state index in [1.165, 1.54) is 23.1 Å². The van der Waals surface area contributed by atoms with Crippen molar-refractivity contribution in [3.8, 4) is 5.06 Å². The number of ketones is 1. The lowest BCUT2D eigenvalue weighted by molar-refractivity contribution is -0.131. The number of hydrogen-bond donors (Lipinski definition) is 0. The standard InChI is InChI=1S/C18H19N3O3S/c1-11(22)24-16-8-13-10-21(7-4-15(13)25-16)17(18(23)12-2-3-12)14-9-19-5-6-20-14/h5-6,8-9,12,17H,2-4,7,10H2,1H3. The summed E-state index contributed by atoms with van der Waals surface area (Å²) in [4.78, 5) is 36.0. The maximum absolute atomic E-state index is 12.9. The molecule has 1 unspecified atom stereocenters. The molecule has 0 radical (unpaired) electrons. The Balaban J connectivity index is 1.59. The molecule has 130 valence electrons. The molecule has 7 heteroatoms. The molecule has 0 amide bonds. The monoisotopic (exact) mass is 357 g/mol. The molecule has 6 nitrogen and oxygen atoms in total. The van der Waals surface area contributed by atoms with Gasteiger partial charge in [0.1, 0.15) is 6.04 Å². The molecule has 25 heavy (non-hydrogen) atoms. The van der Waals surface area contributed by atoms with Crippen molar-refractivity contribution in [2.75, 3.05) is 6.54 Å². The first-order valence-corrected chi connectivity index (χ1v) is 9.27. The number of esters is 1. The topological polar surface area (TPSA) is 72.4 Å². The summed E-state index contributed by atoms with van der Waals surface area (Å²) < 4.78 is 5.21. The number of aromatic nitrogens is 2. The molecular weight excluding hydrogens is 338 g/mol. The Bertz CT molecular complexity index is 801. The van der Waals surface area contributed by atoms with Crippen LogP contribution in [0.2, 0.25) is 0 Å². The van der Waals surface area contributed by atoms with Gasteiger partial charge < -0.3 is 4.74 Å². The number of ether oxygens (including phenoxy) is 1. The molecule has 3 heterocycles. The summed E-state index contributed by atoms with van der Waals surface area (Å²) in [6.07, 6.45) is 7.75. The second-order valence-corrected chi connectivity index (χ2v) is 7.64. The molecule has 4 rings (SSSR count). The highest BCUT2D eigenvalue weighted by Crippen LogP contribution is 2.40. The summed E-state index contributed by atoms with van der Waals surface area (Å²) in [6, 6.07) is 1.58. The predicted molar refractivity (Wildman–Crippen MR) is 92.2 cm³/mol. The lowest BCUT2D eigenvalue weighted by atomic mass is 9.99. The largest absolute Gasteiger partial charge is 0.416 e. The Morgan fingerprint density at radius 1 is 1.36 bits per heavy atom. The first-order valence-electron chi connectivity index (χ1n) is 8.45. The molecule has 1 atom stereocenters. The molecule has 0 N–H and O–H groups in total. The first kappa shape index (κ1) is 16.4. The van der Waals surface area contributed by atoms with E-state index in [0.29, 0.717) is 11.6 Å². The van der Waals surface area contributed by atoms with E-state index in [-0.39, 0.29) is 23.7 Å². The van der Waals surface area contributed by atoms with Crippen molar-refractivity contribution in [3.63, 3.8) is 0 Å². The Kier molecular flexibility index (Phi) is 4.35. The highest BCUT2D eigenvalue weighted by molar-refractivity contribution is 7.14. The van der Waals surface area contributed by atoms with E-state index >= 15 is 0 Å². The molecule has 2 aliphatic rings. The van der Waals surface area contributed by atoms with E-state index in [4.69, 9.17) is 4.74 Å². The zero-order chi connectivity index (χ0) is 17.4. The van der Waals surface area contributed by atoms with E-state index in [0.717, 1.165) is 37.1 Å². The van der Waals surface area contributed by atoms with Crippen molar-refractivity contribution in [3.05, 3.63) is 40.8 Å². The van der Waals surface area contributed by atoms with E-state index in [9.17, 15) is 9.59 Å². The molecule has 0 spiro atoms. The molecule has 1 fully saturated rings. The van der Waals surface area contributed by atoms with Crippen molar-refractivity contribution in [1.82, 2.24) is 14.9 Å². The third-order valence-corrected chi connectivity index (χ3v) is 5.71. The highest BCUT2D eigenvalue weighted by Gasteiger charge is 2.40. The summed E-state index contributed by atoms with van der Waals surface area (Å²) in [5.41, 5.74) is 1.85. The maximum atomic E-state index is 12.9. The Morgan fingerprint density at radius 3 is 2.88 bits per heavy atom. The van der Waals surface area contributed by atoms with Crippen LogP contribution in [0.15, 0.2) is 24.7 Å². The Labute approximate surface area is 149 Å². The minimum absolute atomic E-state index is 0.160. The second-order valence-electron chi connectivity index (χ2n) is 6.54. The van der Waals surface area contributed by atoms with Gasteiger partial charge in [-0.15, -0.1) is 11.3 Å². The van der Waals surface area contributed by atoms with Crippen LogP contribution in [0.1, 0.15) is 41.9 Å². The minimum Gasteiger partial charge on any atom is -0.416 e. The average Bonchev–Trinajstić information content (AvgIpc) is 3.36. The summed E-state index contributed by atoms with van der Waals surface area (Å²) in [7, 11) is 0. The number of thiophene rings is 1. The maximum Gasteiger partial charge on any atom is 0.308 e. The third-order valence-electron chi connectivity index (χ3n) is 4.60. The molecular formula is C18H19N3O3S. The van der Waals surface area contributed by atoms with Crippen LogP contribution in [0.25, 0.3) is 0 Å². The van der Waals surface area contributed by atoms with Crippen LogP contribution in [-0.4, -0.2) is 33.2 Å². The molecule has 1 saturated carbocycles. The van der Waals surface area contributed by atoms with Crippen molar-refractivity contribution in [2.24, 2.45) is 5.92 Å². The third kappa shape index (κ3) is 3.48. The fourth-order valence-electron chi connectivity index (χ4n) is 3.30. The van der Waals surface area contributed by atoms with Crippen LogP contribution in [0.4, 0.5) is 0 Å². The fraction of sp³-hybridized carbons (Fsp3) is 0.444. The average molecular weight is 357 g/mol. The van der Waals surface area contributed by atoms with Crippen LogP contribution in [0.5, 0.6) is 5.06 Å². The molecule has 1 aliphatic heterocycles. The normalized spacial score (nSPS) is 18.4. The predicted octanol–water partition coefficient (Wildman–Crippen LogP) is 2.54. The van der Waals surface area contributed by atoms with Gasteiger partial charge in [-0.3, -0.25) is 24.5 Å². The number of hydrogen-bond acceptors (Lipinski definition) is 7. The molecule has 0 bridgehead atoms. The minimum atomic E-state index is -0.341. The van der Waals surface area contributed by atoms with E-state index < -0.39 is 0 Å². The van der Waals surface area contributed by atoms with Gasteiger partial charge >= 0.3 is 5.97 Å².